The van der Waals surface area contributed by atoms with Crippen LogP contribution in [0.1, 0.15) is 30.4 Å². The maximum absolute atomic E-state index is 12.2. The van der Waals surface area contributed by atoms with Crippen LogP contribution in [0.2, 0.25) is 0 Å². The van der Waals surface area contributed by atoms with E-state index < -0.39 is 12.1 Å². The molecular weight excluding hydrogens is 344 g/mol. The normalized spacial score (nSPS) is 13.1. The highest BCUT2D eigenvalue weighted by molar-refractivity contribution is 5.89. The van der Waals surface area contributed by atoms with Crippen LogP contribution in [0.4, 0.5) is 4.79 Å². The number of rotatable bonds is 7. The Morgan fingerprint density at radius 1 is 1.15 bits per heavy atom. The van der Waals surface area contributed by atoms with Crippen molar-refractivity contribution in [2.75, 3.05) is 13.2 Å². The van der Waals surface area contributed by atoms with Crippen molar-refractivity contribution in [1.82, 2.24) is 5.32 Å². The van der Waals surface area contributed by atoms with Crippen molar-refractivity contribution in [2.24, 2.45) is 5.11 Å². The van der Waals surface area contributed by atoms with E-state index in [0.717, 1.165) is 22.3 Å². The van der Waals surface area contributed by atoms with Crippen LogP contribution >= 0.6 is 0 Å². The number of azide groups is 1. The number of fused-ring (bicyclic) bond motifs is 3. The minimum Gasteiger partial charge on any atom is -0.449 e. The second-order valence-electron chi connectivity index (χ2n) is 6.29. The molecule has 1 N–H and O–H groups in total. The van der Waals surface area contributed by atoms with Gasteiger partial charge in [-0.2, -0.15) is 0 Å². The summed E-state index contributed by atoms with van der Waals surface area (Å²) in [5.74, 6) is -0.383. The number of nitrogens with one attached hydrogen (secondary N) is 1. The van der Waals surface area contributed by atoms with E-state index >= 15 is 0 Å². The summed E-state index contributed by atoms with van der Waals surface area (Å²) in [6, 6.07) is 15.4. The van der Waals surface area contributed by atoms with Gasteiger partial charge >= 0.3 is 6.09 Å². The van der Waals surface area contributed by atoms with E-state index in [1.54, 1.807) is 6.92 Å². The number of carbonyl (C=O) groups is 2. The molecule has 0 bridgehead atoms. The number of ketones is 1. The van der Waals surface area contributed by atoms with Gasteiger partial charge in [0.15, 0.2) is 5.78 Å². The monoisotopic (exact) mass is 364 g/mol. The van der Waals surface area contributed by atoms with E-state index in [1.807, 2.05) is 36.4 Å². The Morgan fingerprint density at radius 3 is 2.30 bits per heavy atom. The molecule has 2 aromatic rings. The first-order valence-electron chi connectivity index (χ1n) is 8.80. The molecule has 0 heterocycles. The number of ether oxygens (including phenoxy) is 1. The van der Waals surface area contributed by atoms with Crippen molar-refractivity contribution < 1.29 is 14.3 Å². The molecule has 27 heavy (non-hydrogen) atoms. The molecular formula is C20H20N4O3. The molecule has 3 rings (SSSR count). The molecule has 1 aliphatic rings. The summed E-state index contributed by atoms with van der Waals surface area (Å²) in [4.78, 5) is 26.7. The van der Waals surface area contributed by atoms with E-state index in [4.69, 9.17) is 10.3 Å². The number of amides is 1. The maximum Gasteiger partial charge on any atom is 0.407 e. The predicted molar refractivity (Wildman–Crippen MR) is 101 cm³/mol. The highest BCUT2D eigenvalue weighted by Crippen LogP contribution is 2.44. The molecule has 7 heteroatoms. The number of Topliss-reactive ketones (excluding diaryl/α,β-unsaturated/α-hetero) is 1. The number of benzene rings is 2. The molecule has 0 spiro atoms. The van der Waals surface area contributed by atoms with Crippen molar-refractivity contribution in [3.63, 3.8) is 0 Å². The highest BCUT2D eigenvalue weighted by atomic mass is 16.5. The summed E-state index contributed by atoms with van der Waals surface area (Å²) < 4.78 is 5.42. The summed E-state index contributed by atoms with van der Waals surface area (Å²) >= 11 is 0. The van der Waals surface area contributed by atoms with Crippen molar-refractivity contribution >= 4 is 11.9 Å². The fourth-order valence-corrected chi connectivity index (χ4v) is 3.40. The maximum atomic E-state index is 12.2. The Morgan fingerprint density at radius 2 is 1.74 bits per heavy atom. The van der Waals surface area contributed by atoms with Crippen LogP contribution in [0.3, 0.4) is 0 Å². The van der Waals surface area contributed by atoms with Crippen LogP contribution < -0.4 is 5.32 Å². The number of carbonyl (C=O) groups excluding carboxylic acids is 2. The van der Waals surface area contributed by atoms with Gasteiger partial charge in [0, 0.05) is 10.8 Å². The molecule has 0 aliphatic heterocycles. The molecule has 1 amide bonds. The van der Waals surface area contributed by atoms with Gasteiger partial charge in [-0.25, -0.2) is 4.79 Å². The first-order valence-corrected chi connectivity index (χ1v) is 8.80. The van der Waals surface area contributed by atoms with Crippen LogP contribution in [0.15, 0.2) is 53.6 Å². The van der Waals surface area contributed by atoms with Gasteiger partial charge in [-0.15, -0.1) is 0 Å². The Balaban J connectivity index is 1.67. The van der Waals surface area contributed by atoms with Crippen molar-refractivity contribution in [1.29, 1.82) is 0 Å². The molecule has 138 valence electrons. The van der Waals surface area contributed by atoms with Crippen molar-refractivity contribution in [2.45, 2.75) is 25.3 Å². The second kappa shape index (κ2) is 8.38. The van der Waals surface area contributed by atoms with E-state index in [2.05, 4.69) is 27.5 Å². The largest absolute Gasteiger partial charge is 0.449 e. The number of alkyl carbamates (subject to hydrolysis) is 1. The van der Waals surface area contributed by atoms with Gasteiger partial charge in [0.1, 0.15) is 6.61 Å². The van der Waals surface area contributed by atoms with E-state index in [1.165, 1.54) is 0 Å². The number of hydrogen-bond donors (Lipinski definition) is 1. The minimum absolute atomic E-state index is 0.0397. The molecule has 0 saturated carbocycles. The van der Waals surface area contributed by atoms with Gasteiger partial charge in [0.2, 0.25) is 0 Å². The Kier molecular flexibility index (Phi) is 5.74. The molecule has 1 aliphatic carbocycles. The summed E-state index contributed by atoms with van der Waals surface area (Å²) in [6.07, 6.45) is -0.262. The third-order valence-corrected chi connectivity index (χ3v) is 4.72. The molecule has 0 saturated heterocycles. The third kappa shape index (κ3) is 3.93. The first kappa shape index (κ1) is 18.5. The molecule has 0 aromatic heterocycles. The van der Waals surface area contributed by atoms with Gasteiger partial charge in [-0.3, -0.25) is 4.79 Å². The van der Waals surface area contributed by atoms with Gasteiger partial charge < -0.3 is 10.1 Å². The van der Waals surface area contributed by atoms with Gasteiger partial charge in [0.05, 0.1) is 12.6 Å². The predicted octanol–water partition coefficient (Wildman–Crippen LogP) is 4.18. The third-order valence-electron chi connectivity index (χ3n) is 4.72. The first-order chi connectivity index (χ1) is 13.2. The lowest BCUT2D eigenvalue weighted by atomic mass is 9.98. The fraction of sp³-hybridized carbons (Fsp3) is 0.300. The van der Waals surface area contributed by atoms with Crippen LogP contribution in [-0.2, 0) is 9.53 Å². The Bertz CT molecular complexity index is 860. The zero-order chi connectivity index (χ0) is 19.2. The van der Waals surface area contributed by atoms with E-state index in [-0.39, 0.29) is 24.9 Å². The Hall–Kier alpha value is -3.31. The molecule has 2 aromatic carbocycles. The molecule has 0 fully saturated rings. The lowest BCUT2D eigenvalue weighted by molar-refractivity contribution is -0.119. The smallest absolute Gasteiger partial charge is 0.407 e. The summed E-state index contributed by atoms with van der Waals surface area (Å²) in [5.41, 5.74) is 12.9. The van der Waals surface area contributed by atoms with Crippen molar-refractivity contribution in [3.8, 4) is 11.1 Å². The van der Waals surface area contributed by atoms with Crippen LogP contribution in [0.5, 0.6) is 0 Å². The SMILES string of the molecule is CC[C@H](NC(=O)OCC1c2ccccc2-c2ccccc21)C(=O)CN=[N+]=[N-]. The average molecular weight is 364 g/mol. The Labute approximate surface area is 157 Å². The minimum atomic E-state index is -0.730. The molecule has 1 atom stereocenters. The molecule has 0 radical (unpaired) electrons. The van der Waals surface area contributed by atoms with E-state index in [0.29, 0.717) is 6.42 Å². The topological polar surface area (TPSA) is 104 Å². The average Bonchev–Trinajstić information content (AvgIpc) is 3.02. The second-order valence-corrected chi connectivity index (χ2v) is 6.29. The van der Waals surface area contributed by atoms with Gasteiger partial charge in [0.25, 0.3) is 0 Å². The van der Waals surface area contributed by atoms with Crippen LogP contribution in [-0.4, -0.2) is 31.1 Å². The lowest BCUT2D eigenvalue weighted by Gasteiger charge is -2.17. The summed E-state index contributed by atoms with van der Waals surface area (Å²) in [7, 11) is 0. The molecule has 0 unspecified atom stereocenters. The zero-order valence-corrected chi connectivity index (χ0v) is 15.0. The zero-order valence-electron chi connectivity index (χ0n) is 15.0. The summed E-state index contributed by atoms with van der Waals surface area (Å²) in [5, 5.41) is 5.80. The van der Waals surface area contributed by atoms with Gasteiger partial charge in [-0.05, 0) is 34.2 Å². The highest BCUT2D eigenvalue weighted by Gasteiger charge is 2.29. The summed E-state index contributed by atoms with van der Waals surface area (Å²) in [6.45, 7) is 1.65. The van der Waals surface area contributed by atoms with Crippen LogP contribution in [0, 0.1) is 0 Å². The standard InChI is InChI=1S/C20H20N4O3/c1-2-18(19(25)11-22-24-21)23-20(26)27-12-17-15-9-5-3-7-13(15)14-8-4-6-10-16(14)17/h3-10,17-18H,2,11-12H2,1H3,(H,23,26)/t18-/m0/s1. The van der Waals surface area contributed by atoms with Crippen molar-refractivity contribution in [3.05, 3.63) is 70.1 Å². The number of hydrogen-bond acceptors (Lipinski definition) is 4. The lowest BCUT2D eigenvalue weighted by Crippen LogP contribution is -2.42. The fourth-order valence-electron chi connectivity index (χ4n) is 3.40. The van der Waals surface area contributed by atoms with E-state index in [9.17, 15) is 9.59 Å². The molecule has 7 nitrogen and oxygen atoms in total. The van der Waals surface area contributed by atoms with Gasteiger partial charge in [-0.1, -0.05) is 60.6 Å². The number of nitrogens with zero attached hydrogens (tertiary/aromatic N) is 3. The van der Waals surface area contributed by atoms with Crippen LogP contribution in [0.25, 0.3) is 21.6 Å². The quantitative estimate of drug-likeness (QED) is 0.452.